The van der Waals surface area contributed by atoms with E-state index in [-0.39, 0.29) is 5.84 Å². The minimum absolute atomic E-state index is 0.0566. The molecule has 0 bridgehead atoms. The maximum Gasteiger partial charge on any atom is 0.303 e. The van der Waals surface area contributed by atoms with E-state index in [1.807, 2.05) is 0 Å². The van der Waals surface area contributed by atoms with Crippen molar-refractivity contribution in [3.63, 3.8) is 0 Å². The van der Waals surface area contributed by atoms with E-state index in [0.29, 0.717) is 24.3 Å². The molecule has 7 nitrogen and oxygen atoms in total. The lowest BCUT2D eigenvalue weighted by Crippen LogP contribution is -2.40. The summed E-state index contributed by atoms with van der Waals surface area (Å²) in [5.74, 6) is -0.0566. The van der Waals surface area contributed by atoms with E-state index in [9.17, 15) is 8.42 Å². The zero-order valence-electron chi connectivity index (χ0n) is 11.2. The normalized spacial score (nSPS) is 17.4. The van der Waals surface area contributed by atoms with E-state index in [1.165, 1.54) is 15.7 Å². The first-order valence-electron chi connectivity index (χ1n) is 6.29. The Balaban J connectivity index is 2.31. The van der Waals surface area contributed by atoms with Crippen molar-refractivity contribution in [2.45, 2.75) is 12.8 Å². The van der Waals surface area contributed by atoms with E-state index in [0.717, 1.165) is 12.8 Å². The highest BCUT2D eigenvalue weighted by molar-refractivity contribution is 7.90. The molecular weight excluding hydrogens is 280 g/mol. The highest BCUT2D eigenvalue weighted by Gasteiger charge is 2.29. The van der Waals surface area contributed by atoms with Crippen LogP contribution in [0.4, 0.5) is 5.69 Å². The molecular formula is C12H18N4O3S. The van der Waals surface area contributed by atoms with Crippen molar-refractivity contribution in [1.29, 1.82) is 0 Å². The molecule has 0 spiro atoms. The smallest absolute Gasteiger partial charge is 0.303 e. The van der Waals surface area contributed by atoms with Gasteiger partial charge in [-0.2, -0.15) is 12.7 Å². The average molecular weight is 298 g/mol. The summed E-state index contributed by atoms with van der Waals surface area (Å²) < 4.78 is 27.5. The Labute approximate surface area is 118 Å². The van der Waals surface area contributed by atoms with Gasteiger partial charge in [-0.25, -0.2) is 0 Å². The number of rotatable bonds is 4. The Hall–Kier alpha value is -1.80. The third kappa shape index (κ3) is 2.70. The molecule has 1 aromatic rings. The molecule has 0 aliphatic carbocycles. The monoisotopic (exact) mass is 298 g/mol. The first kappa shape index (κ1) is 14.6. The summed E-state index contributed by atoms with van der Waals surface area (Å²) >= 11 is 0. The quantitative estimate of drug-likeness (QED) is 0.367. The maximum atomic E-state index is 12.4. The molecule has 1 aliphatic rings. The van der Waals surface area contributed by atoms with Crippen molar-refractivity contribution < 1.29 is 13.6 Å². The predicted octanol–water partition coefficient (Wildman–Crippen LogP) is 0.558. The van der Waals surface area contributed by atoms with Gasteiger partial charge in [-0.05, 0) is 25.0 Å². The number of nitrogens with two attached hydrogens (primary N) is 1. The van der Waals surface area contributed by atoms with Crippen LogP contribution >= 0.6 is 0 Å². The molecule has 110 valence electrons. The number of amidine groups is 1. The van der Waals surface area contributed by atoms with E-state index in [2.05, 4.69) is 5.16 Å². The molecule has 1 aromatic carbocycles. The van der Waals surface area contributed by atoms with Crippen molar-refractivity contribution >= 4 is 21.7 Å². The summed E-state index contributed by atoms with van der Waals surface area (Å²) in [6, 6.07) is 6.55. The number of hydrogen-bond donors (Lipinski definition) is 2. The van der Waals surface area contributed by atoms with Crippen LogP contribution in [-0.4, -0.2) is 43.9 Å². The number of nitrogens with zero attached hydrogens (tertiary/aromatic N) is 3. The van der Waals surface area contributed by atoms with Crippen LogP contribution in [0.2, 0.25) is 0 Å². The second-order valence-electron chi connectivity index (χ2n) is 4.62. The SMILES string of the molecule is CN(c1cccc(C(N)=NO)c1)S(=O)(=O)N1CCCC1. The fourth-order valence-electron chi connectivity index (χ4n) is 2.14. The van der Waals surface area contributed by atoms with Gasteiger partial charge < -0.3 is 10.9 Å². The number of anilines is 1. The van der Waals surface area contributed by atoms with Gasteiger partial charge in [-0.1, -0.05) is 17.3 Å². The van der Waals surface area contributed by atoms with Crippen LogP contribution in [-0.2, 0) is 10.2 Å². The van der Waals surface area contributed by atoms with Gasteiger partial charge in [0.25, 0.3) is 0 Å². The van der Waals surface area contributed by atoms with Crippen LogP contribution in [0, 0.1) is 0 Å². The van der Waals surface area contributed by atoms with Crippen LogP contribution < -0.4 is 10.0 Å². The Morgan fingerprint density at radius 1 is 1.40 bits per heavy atom. The van der Waals surface area contributed by atoms with E-state index in [4.69, 9.17) is 10.9 Å². The van der Waals surface area contributed by atoms with Crippen molar-refractivity contribution in [2.24, 2.45) is 10.9 Å². The molecule has 3 N–H and O–H groups in total. The Morgan fingerprint density at radius 2 is 2.05 bits per heavy atom. The third-order valence-corrected chi connectivity index (χ3v) is 5.27. The van der Waals surface area contributed by atoms with Gasteiger partial charge in [0.1, 0.15) is 0 Å². The minimum atomic E-state index is -3.52. The van der Waals surface area contributed by atoms with Gasteiger partial charge in [0.2, 0.25) is 0 Å². The molecule has 2 rings (SSSR count). The molecule has 20 heavy (non-hydrogen) atoms. The van der Waals surface area contributed by atoms with Crippen LogP contribution in [0.1, 0.15) is 18.4 Å². The Morgan fingerprint density at radius 3 is 2.65 bits per heavy atom. The Bertz CT molecular complexity index is 609. The highest BCUT2D eigenvalue weighted by atomic mass is 32.2. The Kier molecular flexibility index (Phi) is 4.15. The molecule has 1 fully saturated rings. The van der Waals surface area contributed by atoms with Gasteiger partial charge in [-0.3, -0.25) is 4.31 Å². The van der Waals surface area contributed by atoms with Crippen LogP contribution in [0.5, 0.6) is 0 Å². The number of benzene rings is 1. The molecule has 0 saturated carbocycles. The van der Waals surface area contributed by atoms with Crippen LogP contribution in [0.3, 0.4) is 0 Å². The van der Waals surface area contributed by atoms with Crippen molar-refractivity contribution in [3.8, 4) is 0 Å². The second-order valence-corrected chi connectivity index (χ2v) is 6.58. The minimum Gasteiger partial charge on any atom is -0.409 e. The molecule has 0 atom stereocenters. The fourth-order valence-corrected chi connectivity index (χ4v) is 3.59. The second kappa shape index (κ2) is 5.68. The number of oxime groups is 1. The molecule has 8 heteroatoms. The largest absolute Gasteiger partial charge is 0.409 e. The fraction of sp³-hybridized carbons (Fsp3) is 0.417. The van der Waals surface area contributed by atoms with Gasteiger partial charge in [0, 0.05) is 25.7 Å². The summed E-state index contributed by atoms with van der Waals surface area (Å²) in [5, 5.41) is 11.6. The summed E-state index contributed by atoms with van der Waals surface area (Å²) in [6.07, 6.45) is 1.77. The lowest BCUT2D eigenvalue weighted by molar-refractivity contribution is 0.318. The van der Waals surface area contributed by atoms with E-state index in [1.54, 1.807) is 24.3 Å². The standard InChI is InChI=1S/C12H18N4O3S/c1-15(20(18,19)16-7-2-3-8-16)11-6-4-5-10(9-11)12(13)14-17/h4-6,9,17H,2-3,7-8H2,1H3,(H2,13,14). The molecule has 0 amide bonds. The summed E-state index contributed by atoms with van der Waals surface area (Å²) in [5.41, 5.74) is 6.46. The molecule has 0 unspecified atom stereocenters. The highest BCUT2D eigenvalue weighted by Crippen LogP contribution is 2.22. The topological polar surface area (TPSA) is 99.2 Å². The predicted molar refractivity (Wildman–Crippen MR) is 77.1 cm³/mol. The molecule has 1 aliphatic heterocycles. The zero-order chi connectivity index (χ0) is 14.8. The molecule has 0 aromatic heterocycles. The third-order valence-electron chi connectivity index (χ3n) is 3.35. The van der Waals surface area contributed by atoms with Gasteiger partial charge >= 0.3 is 10.2 Å². The number of hydrogen-bond acceptors (Lipinski definition) is 4. The molecule has 1 saturated heterocycles. The van der Waals surface area contributed by atoms with Crippen molar-refractivity contribution in [3.05, 3.63) is 29.8 Å². The van der Waals surface area contributed by atoms with E-state index >= 15 is 0 Å². The lowest BCUT2D eigenvalue weighted by Gasteiger charge is -2.25. The summed E-state index contributed by atoms with van der Waals surface area (Å²) in [6.45, 7) is 1.10. The van der Waals surface area contributed by atoms with Crippen LogP contribution in [0.25, 0.3) is 0 Å². The van der Waals surface area contributed by atoms with Crippen LogP contribution in [0.15, 0.2) is 29.4 Å². The van der Waals surface area contributed by atoms with Gasteiger partial charge in [-0.15, -0.1) is 0 Å². The summed E-state index contributed by atoms with van der Waals surface area (Å²) in [4.78, 5) is 0. The first-order chi connectivity index (χ1) is 9.46. The molecule has 0 radical (unpaired) electrons. The summed E-state index contributed by atoms with van der Waals surface area (Å²) in [7, 11) is -2.02. The zero-order valence-corrected chi connectivity index (χ0v) is 12.0. The van der Waals surface area contributed by atoms with Gasteiger partial charge in [0.05, 0.1) is 5.69 Å². The van der Waals surface area contributed by atoms with Crippen molar-refractivity contribution in [2.75, 3.05) is 24.4 Å². The average Bonchev–Trinajstić information content (AvgIpc) is 3.00. The maximum absolute atomic E-state index is 12.4. The molecule has 1 heterocycles. The van der Waals surface area contributed by atoms with Gasteiger partial charge in [0.15, 0.2) is 5.84 Å². The first-order valence-corrected chi connectivity index (χ1v) is 7.68. The van der Waals surface area contributed by atoms with Crippen molar-refractivity contribution in [1.82, 2.24) is 4.31 Å². The van der Waals surface area contributed by atoms with E-state index < -0.39 is 10.2 Å². The lowest BCUT2D eigenvalue weighted by atomic mass is 10.2.